The highest BCUT2D eigenvalue weighted by molar-refractivity contribution is 8.24. The number of aromatic nitrogens is 3. The van der Waals surface area contributed by atoms with E-state index in [1.54, 1.807) is 13.1 Å². The van der Waals surface area contributed by atoms with E-state index in [1.165, 1.54) is 16.1 Å². The number of rotatable bonds is 4. The third-order valence-electron chi connectivity index (χ3n) is 7.10. The van der Waals surface area contributed by atoms with Crippen molar-refractivity contribution in [2.45, 2.75) is 32.7 Å². The van der Waals surface area contributed by atoms with Gasteiger partial charge >= 0.3 is 5.69 Å². The van der Waals surface area contributed by atoms with Gasteiger partial charge in [-0.3, -0.25) is 18.2 Å². The third-order valence-corrected chi connectivity index (χ3v) is 8.77. The van der Waals surface area contributed by atoms with Crippen LogP contribution in [-0.2, 0) is 13.6 Å². The largest absolute Gasteiger partial charge is 0.368 e. The zero-order valence-corrected chi connectivity index (χ0v) is 19.7. The number of hydrogen-bond donors (Lipinski definition) is 2. The number of benzene rings is 1. The predicted molar refractivity (Wildman–Crippen MR) is 128 cm³/mol. The van der Waals surface area contributed by atoms with Gasteiger partial charge < -0.3 is 4.90 Å². The average molecular weight is 479 g/mol. The van der Waals surface area contributed by atoms with Gasteiger partial charge in [-0.05, 0) is 36.8 Å². The molecule has 178 valence electrons. The lowest BCUT2D eigenvalue weighted by Gasteiger charge is -2.42. The Kier molecular flexibility index (Phi) is 4.94. The molecule has 5 rings (SSSR count). The van der Waals surface area contributed by atoms with Crippen LogP contribution in [0, 0.1) is 12.3 Å². The highest BCUT2D eigenvalue weighted by atomic mass is 32.3. The van der Waals surface area contributed by atoms with Crippen molar-refractivity contribution < 1.29 is 17.9 Å². The number of imidazole rings is 1. The van der Waals surface area contributed by atoms with E-state index >= 15 is 0 Å². The number of nitrogens with zero attached hydrogens (tertiary/aromatic N) is 4. The van der Waals surface area contributed by atoms with Gasteiger partial charge in [-0.1, -0.05) is 13.0 Å². The van der Waals surface area contributed by atoms with Crippen LogP contribution in [-0.4, -0.2) is 53.7 Å². The Hall–Kier alpha value is -2.43. The number of hydrogen-bond acceptors (Lipinski definition) is 5. The van der Waals surface area contributed by atoms with E-state index in [0.29, 0.717) is 41.5 Å². The topological polar surface area (TPSA) is 83.5 Å². The zero-order chi connectivity index (χ0) is 23.8. The first-order valence-corrected chi connectivity index (χ1v) is 12.8. The van der Waals surface area contributed by atoms with E-state index in [9.17, 15) is 22.7 Å². The molecule has 0 radical (unpaired) electrons. The second-order valence-corrected chi connectivity index (χ2v) is 12.0. The van der Waals surface area contributed by atoms with E-state index in [2.05, 4.69) is 4.90 Å². The van der Waals surface area contributed by atoms with E-state index in [4.69, 9.17) is 4.98 Å². The Morgan fingerprint density at radius 2 is 1.82 bits per heavy atom. The van der Waals surface area contributed by atoms with Crippen LogP contribution in [0.1, 0.15) is 18.9 Å². The quantitative estimate of drug-likeness (QED) is 0.583. The van der Waals surface area contributed by atoms with Crippen LogP contribution in [0.3, 0.4) is 0 Å². The van der Waals surface area contributed by atoms with Gasteiger partial charge in [0.05, 0.1) is 28.1 Å². The third kappa shape index (κ3) is 3.74. The first-order valence-electron chi connectivity index (χ1n) is 10.9. The minimum Gasteiger partial charge on any atom is -0.368 e. The van der Waals surface area contributed by atoms with E-state index < -0.39 is 21.9 Å². The molecule has 33 heavy (non-hydrogen) atoms. The molecule has 1 saturated carbocycles. The second-order valence-electron chi connectivity index (χ2n) is 9.61. The van der Waals surface area contributed by atoms with Crippen molar-refractivity contribution in [1.82, 2.24) is 14.1 Å². The van der Waals surface area contributed by atoms with Gasteiger partial charge in [-0.2, -0.15) is 10.6 Å². The fraction of sp³-hybridized carbons (Fsp3) is 0.478. The second kappa shape index (κ2) is 7.28. The summed E-state index contributed by atoms with van der Waals surface area (Å²) in [5, 5.41) is 0. The molecule has 3 aromatic rings. The van der Waals surface area contributed by atoms with Crippen molar-refractivity contribution in [2.75, 3.05) is 29.5 Å². The minimum atomic E-state index is -2.75. The summed E-state index contributed by atoms with van der Waals surface area (Å²) in [4.78, 5) is 19.7. The summed E-state index contributed by atoms with van der Waals surface area (Å²) in [5.41, 5.74) is 3.05. The fourth-order valence-corrected chi connectivity index (χ4v) is 5.84. The van der Waals surface area contributed by atoms with Gasteiger partial charge in [0.2, 0.25) is 0 Å². The highest BCUT2D eigenvalue weighted by Gasteiger charge is 2.68. The minimum absolute atomic E-state index is 0.0418. The Balaban J connectivity index is 1.51. The molecule has 10 heteroatoms. The van der Waals surface area contributed by atoms with Crippen molar-refractivity contribution >= 4 is 27.4 Å². The zero-order valence-electron chi connectivity index (χ0n) is 18.9. The highest BCUT2D eigenvalue weighted by Crippen LogP contribution is 2.61. The summed E-state index contributed by atoms with van der Waals surface area (Å²) in [5.74, 6) is -2.04. The van der Waals surface area contributed by atoms with E-state index in [1.807, 2.05) is 31.2 Å². The van der Waals surface area contributed by atoms with Crippen LogP contribution in [0.15, 0.2) is 35.1 Å². The summed E-state index contributed by atoms with van der Waals surface area (Å²) in [6.45, 7) is 4.59. The average Bonchev–Trinajstić information content (AvgIpc) is 3.18. The van der Waals surface area contributed by atoms with E-state index in [0.717, 1.165) is 16.8 Å². The number of halogens is 2. The first kappa shape index (κ1) is 22.4. The molecule has 0 amide bonds. The molecule has 2 aliphatic rings. The van der Waals surface area contributed by atoms with Crippen LogP contribution >= 0.6 is 10.6 Å². The molecular weight excluding hydrogens is 450 g/mol. The maximum absolute atomic E-state index is 13.8. The molecule has 7 nitrogen and oxygen atoms in total. The SMILES string of the molecule is Cc1ccc(N2CCS(O)(O)CC2)cc1-c1ccc2c(n1)n(C)c(=O)n2C[C@]1(C)CC1(F)F. The summed E-state index contributed by atoms with van der Waals surface area (Å²) < 4.78 is 50.2. The van der Waals surface area contributed by atoms with Crippen molar-refractivity contribution in [1.29, 1.82) is 0 Å². The Bertz CT molecular complexity index is 1310. The van der Waals surface area contributed by atoms with Gasteiger partial charge in [0.1, 0.15) is 0 Å². The van der Waals surface area contributed by atoms with Crippen molar-refractivity contribution in [3.05, 3.63) is 46.4 Å². The normalized spacial score (nSPS) is 24.8. The smallest absolute Gasteiger partial charge is 0.330 e. The van der Waals surface area contributed by atoms with Crippen molar-refractivity contribution in [2.24, 2.45) is 12.5 Å². The van der Waals surface area contributed by atoms with E-state index in [-0.39, 0.29) is 18.7 Å². The predicted octanol–water partition coefficient (Wildman–Crippen LogP) is 4.33. The molecule has 1 aromatic carbocycles. The molecule has 0 unspecified atom stereocenters. The summed E-state index contributed by atoms with van der Waals surface area (Å²) in [6, 6.07) is 9.65. The molecule has 2 N–H and O–H groups in total. The summed E-state index contributed by atoms with van der Waals surface area (Å²) in [6.07, 6.45) is -0.216. The molecular formula is C23H28F2N4O3S. The lowest BCUT2D eigenvalue weighted by molar-refractivity contribution is 0.0637. The van der Waals surface area contributed by atoms with Gasteiger partial charge in [0, 0.05) is 44.4 Å². The van der Waals surface area contributed by atoms with Gasteiger partial charge in [-0.15, -0.1) is 0 Å². The van der Waals surface area contributed by atoms with Crippen LogP contribution in [0.5, 0.6) is 0 Å². The lowest BCUT2D eigenvalue weighted by atomic mass is 10.0. The van der Waals surface area contributed by atoms with Crippen LogP contribution in [0.2, 0.25) is 0 Å². The molecule has 2 fully saturated rings. The molecule has 2 aromatic heterocycles. The van der Waals surface area contributed by atoms with Crippen LogP contribution in [0.4, 0.5) is 14.5 Å². The van der Waals surface area contributed by atoms with Crippen LogP contribution < -0.4 is 10.6 Å². The van der Waals surface area contributed by atoms with Gasteiger partial charge in [0.15, 0.2) is 5.65 Å². The van der Waals surface area contributed by atoms with Gasteiger partial charge in [-0.25, -0.2) is 18.6 Å². The number of fused-ring (bicyclic) bond motifs is 1. The molecule has 1 saturated heterocycles. The van der Waals surface area contributed by atoms with Crippen LogP contribution in [0.25, 0.3) is 22.4 Å². The van der Waals surface area contributed by atoms with Crippen molar-refractivity contribution in [3.8, 4) is 11.3 Å². The maximum Gasteiger partial charge on any atom is 0.330 e. The number of pyridine rings is 1. The maximum atomic E-state index is 13.8. The lowest BCUT2D eigenvalue weighted by Crippen LogP contribution is -2.38. The number of aryl methyl sites for hydroxylation is 2. The molecule has 1 aliphatic heterocycles. The standard InChI is InChI=1S/C23H28F2N4O3S/c1-15-4-5-16(28-8-10-33(31,32)11-9-28)12-17(15)18-6-7-19-20(26-18)27(3)21(30)29(19)14-22(2)13-23(22,24)25/h4-7,12,31-32H,8-11,13-14H2,1-3H3/t22-/m0/s1. The first-order chi connectivity index (χ1) is 15.4. The summed E-state index contributed by atoms with van der Waals surface area (Å²) >= 11 is 0. The fourth-order valence-electron chi connectivity index (χ4n) is 4.61. The number of alkyl halides is 2. The monoisotopic (exact) mass is 478 g/mol. The van der Waals surface area contributed by atoms with Gasteiger partial charge in [0.25, 0.3) is 5.92 Å². The Morgan fingerprint density at radius 3 is 2.45 bits per heavy atom. The summed E-state index contributed by atoms with van der Waals surface area (Å²) in [7, 11) is -0.865. The Morgan fingerprint density at radius 1 is 1.15 bits per heavy atom. The molecule has 1 aliphatic carbocycles. The molecule has 0 spiro atoms. The molecule has 0 bridgehead atoms. The number of anilines is 1. The van der Waals surface area contributed by atoms with Crippen molar-refractivity contribution in [3.63, 3.8) is 0 Å². The molecule has 1 atom stereocenters. The Labute approximate surface area is 192 Å². The molecule has 3 heterocycles.